The van der Waals surface area contributed by atoms with Gasteiger partial charge in [-0.05, 0) is 55.7 Å². The molecule has 0 aliphatic carbocycles. The summed E-state index contributed by atoms with van der Waals surface area (Å²) in [5.41, 5.74) is 3.98. The molecular formula is C36H37N5O2S. The minimum atomic E-state index is -0.0400. The average Bonchev–Trinajstić information content (AvgIpc) is 3.48. The monoisotopic (exact) mass is 603 g/mol. The third kappa shape index (κ3) is 6.40. The van der Waals surface area contributed by atoms with E-state index < -0.39 is 0 Å². The number of hydrogen-bond donors (Lipinski definition) is 0. The minimum absolute atomic E-state index is 0.0345. The van der Waals surface area contributed by atoms with Crippen LogP contribution in [0.5, 0.6) is 0 Å². The van der Waals surface area contributed by atoms with E-state index in [0.717, 1.165) is 57.2 Å². The Morgan fingerprint density at radius 1 is 0.841 bits per heavy atom. The molecule has 0 radical (unpaired) electrons. The number of rotatable bonds is 9. The molecule has 2 amide bonds. The van der Waals surface area contributed by atoms with Crippen LogP contribution in [0.4, 0.5) is 0 Å². The smallest absolute Gasteiger partial charge is 0.254 e. The van der Waals surface area contributed by atoms with Crippen molar-refractivity contribution in [1.29, 1.82) is 0 Å². The van der Waals surface area contributed by atoms with Crippen LogP contribution in [0.25, 0.3) is 27.8 Å². The summed E-state index contributed by atoms with van der Waals surface area (Å²) in [6, 6.07) is 32.3. The van der Waals surface area contributed by atoms with Crippen LogP contribution in [0.2, 0.25) is 0 Å². The zero-order chi connectivity index (χ0) is 30.5. The van der Waals surface area contributed by atoms with E-state index >= 15 is 0 Å². The Morgan fingerprint density at radius 3 is 2.39 bits per heavy atom. The number of carbonyl (C=O) groups excluding carboxylic acids is 2. The summed E-state index contributed by atoms with van der Waals surface area (Å²) in [5, 5.41) is 12.0. The lowest BCUT2D eigenvalue weighted by molar-refractivity contribution is -0.133. The van der Waals surface area contributed by atoms with Crippen molar-refractivity contribution < 1.29 is 9.59 Å². The van der Waals surface area contributed by atoms with Gasteiger partial charge in [-0.1, -0.05) is 96.2 Å². The maximum absolute atomic E-state index is 13.5. The summed E-state index contributed by atoms with van der Waals surface area (Å²) in [5.74, 6) is 1.86. The first kappa shape index (κ1) is 29.6. The molecule has 44 heavy (non-hydrogen) atoms. The predicted octanol–water partition coefficient (Wildman–Crippen LogP) is 7.03. The van der Waals surface area contributed by atoms with E-state index in [-0.39, 0.29) is 17.9 Å². The van der Waals surface area contributed by atoms with E-state index in [1.807, 2.05) is 77.4 Å². The van der Waals surface area contributed by atoms with Crippen molar-refractivity contribution in [3.8, 4) is 17.1 Å². The van der Waals surface area contributed by atoms with Gasteiger partial charge in [0.05, 0.1) is 0 Å². The lowest BCUT2D eigenvalue weighted by atomic mass is 10.0. The maximum atomic E-state index is 13.5. The average molecular weight is 604 g/mol. The van der Waals surface area contributed by atoms with Crippen LogP contribution in [0.15, 0.2) is 102 Å². The van der Waals surface area contributed by atoms with E-state index in [0.29, 0.717) is 26.1 Å². The van der Waals surface area contributed by atoms with E-state index in [2.05, 4.69) is 58.1 Å². The Morgan fingerprint density at radius 2 is 1.59 bits per heavy atom. The van der Waals surface area contributed by atoms with Crippen LogP contribution in [0.1, 0.15) is 42.1 Å². The Labute approximate surface area is 262 Å². The molecule has 1 aliphatic rings. The van der Waals surface area contributed by atoms with E-state index in [9.17, 15) is 9.59 Å². The fraction of sp³-hybridized carbons (Fsp3) is 0.278. The van der Waals surface area contributed by atoms with E-state index in [1.54, 1.807) is 11.8 Å². The number of amides is 2. The Bertz CT molecular complexity index is 1750. The quantitative estimate of drug-likeness (QED) is 0.134. The van der Waals surface area contributed by atoms with Gasteiger partial charge in [0, 0.05) is 54.7 Å². The SMILES string of the molecule is Cc1ccc(-c2nnc(SCCCCC(=O)N3CCN(C(=O)c4cccc5ccccc45)C(C)C3)n2-c2ccccc2)cc1. The summed E-state index contributed by atoms with van der Waals surface area (Å²) in [7, 11) is 0. The largest absolute Gasteiger partial charge is 0.339 e. The van der Waals surface area contributed by atoms with Gasteiger partial charge in [-0.2, -0.15) is 0 Å². The normalized spacial score (nSPS) is 15.1. The molecule has 1 aliphatic heterocycles. The number of hydrogen-bond acceptors (Lipinski definition) is 5. The van der Waals surface area contributed by atoms with Gasteiger partial charge in [0.1, 0.15) is 0 Å². The zero-order valence-corrected chi connectivity index (χ0v) is 26.0. The second kappa shape index (κ2) is 13.5. The molecule has 2 heterocycles. The van der Waals surface area contributed by atoms with Crippen LogP contribution >= 0.6 is 11.8 Å². The summed E-state index contributed by atoms with van der Waals surface area (Å²) in [4.78, 5) is 30.4. The molecule has 0 spiro atoms. The van der Waals surface area contributed by atoms with Gasteiger partial charge in [-0.15, -0.1) is 10.2 Å². The van der Waals surface area contributed by atoms with Gasteiger partial charge in [0.15, 0.2) is 11.0 Å². The van der Waals surface area contributed by atoms with Crippen molar-refractivity contribution in [2.75, 3.05) is 25.4 Å². The molecule has 7 nitrogen and oxygen atoms in total. The second-order valence-corrected chi connectivity index (χ2v) is 12.4. The van der Waals surface area contributed by atoms with Crippen LogP contribution in [-0.4, -0.2) is 67.8 Å². The standard InChI is InChI=1S/C36H37N5O2S/c1-26-18-20-29(21-19-26)34-37-38-36(41(34)30-13-4-3-5-14-30)44-24-9-8-17-33(42)39-22-23-40(27(2)25-39)35(43)32-16-10-12-28-11-6-7-15-31(28)32/h3-7,10-16,18-21,27H,8-9,17,22-25H2,1-2H3. The Balaban J connectivity index is 1.02. The molecule has 5 aromatic rings. The van der Waals surface area contributed by atoms with E-state index in [1.165, 1.54) is 5.56 Å². The number of nitrogens with zero attached hydrogens (tertiary/aromatic N) is 5. The number of thioether (sulfide) groups is 1. The van der Waals surface area contributed by atoms with Crippen LogP contribution in [-0.2, 0) is 4.79 Å². The van der Waals surface area contributed by atoms with Crippen molar-refractivity contribution >= 4 is 34.3 Å². The number of carbonyl (C=O) groups is 2. The van der Waals surface area contributed by atoms with Crippen molar-refractivity contribution in [1.82, 2.24) is 24.6 Å². The summed E-state index contributed by atoms with van der Waals surface area (Å²) < 4.78 is 2.11. The maximum Gasteiger partial charge on any atom is 0.254 e. The highest BCUT2D eigenvalue weighted by molar-refractivity contribution is 7.99. The van der Waals surface area contributed by atoms with Crippen molar-refractivity contribution in [3.05, 3.63) is 108 Å². The van der Waals surface area contributed by atoms with Crippen LogP contribution in [0.3, 0.4) is 0 Å². The number of benzene rings is 4. The summed E-state index contributed by atoms with van der Waals surface area (Å²) in [6.07, 6.45) is 2.21. The molecule has 6 rings (SSSR count). The molecule has 8 heteroatoms. The molecule has 0 saturated carbocycles. The first-order valence-electron chi connectivity index (χ1n) is 15.3. The number of piperazine rings is 1. The molecule has 1 atom stereocenters. The highest BCUT2D eigenvalue weighted by Gasteiger charge is 2.30. The molecule has 1 unspecified atom stereocenters. The molecular weight excluding hydrogens is 566 g/mol. The molecule has 1 fully saturated rings. The Kier molecular flexibility index (Phi) is 9.07. The third-order valence-corrected chi connectivity index (χ3v) is 9.25. The van der Waals surface area contributed by atoms with Crippen molar-refractivity contribution in [3.63, 3.8) is 0 Å². The van der Waals surface area contributed by atoms with Gasteiger partial charge < -0.3 is 9.80 Å². The number of fused-ring (bicyclic) bond motifs is 1. The van der Waals surface area contributed by atoms with Crippen molar-refractivity contribution in [2.45, 2.75) is 44.3 Å². The molecule has 0 bridgehead atoms. The van der Waals surface area contributed by atoms with Gasteiger partial charge in [0.25, 0.3) is 5.91 Å². The molecule has 1 aromatic heterocycles. The predicted molar refractivity (Wildman–Crippen MR) is 177 cm³/mol. The first-order valence-corrected chi connectivity index (χ1v) is 16.3. The van der Waals surface area contributed by atoms with Crippen LogP contribution in [0, 0.1) is 6.92 Å². The third-order valence-electron chi connectivity index (χ3n) is 8.23. The summed E-state index contributed by atoms with van der Waals surface area (Å²) in [6.45, 7) is 5.78. The lowest BCUT2D eigenvalue weighted by Gasteiger charge is -2.40. The number of aryl methyl sites for hydroxylation is 1. The first-order chi connectivity index (χ1) is 21.5. The topological polar surface area (TPSA) is 71.3 Å². The highest BCUT2D eigenvalue weighted by Crippen LogP contribution is 2.29. The van der Waals surface area contributed by atoms with Gasteiger partial charge in [0.2, 0.25) is 5.91 Å². The molecule has 1 saturated heterocycles. The lowest BCUT2D eigenvalue weighted by Crippen LogP contribution is -2.55. The fourth-order valence-electron chi connectivity index (χ4n) is 5.82. The van der Waals surface area contributed by atoms with Gasteiger partial charge >= 0.3 is 0 Å². The van der Waals surface area contributed by atoms with Gasteiger partial charge in [-0.25, -0.2) is 0 Å². The molecule has 4 aromatic carbocycles. The van der Waals surface area contributed by atoms with Crippen LogP contribution < -0.4 is 0 Å². The highest BCUT2D eigenvalue weighted by atomic mass is 32.2. The summed E-state index contributed by atoms with van der Waals surface area (Å²) >= 11 is 1.67. The minimum Gasteiger partial charge on any atom is -0.339 e. The Hall–Kier alpha value is -4.43. The number of aromatic nitrogens is 3. The number of unbranched alkanes of at least 4 members (excludes halogenated alkanes) is 1. The molecule has 0 N–H and O–H groups in total. The fourth-order valence-corrected chi connectivity index (χ4v) is 6.77. The number of para-hydroxylation sites is 1. The van der Waals surface area contributed by atoms with Gasteiger partial charge in [-0.3, -0.25) is 14.2 Å². The van der Waals surface area contributed by atoms with E-state index in [4.69, 9.17) is 0 Å². The molecule has 224 valence electrons. The zero-order valence-electron chi connectivity index (χ0n) is 25.2. The van der Waals surface area contributed by atoms with Crippen molar-refractivity contribution in [2.24, 2.45) is 0 Å². The second-order valence-electron chi connectivity index (χ2n) is 11.4.